The summed E-state index contributed by atoms with van der Waals surface area (Å²) in [7, 11) is 0. The predicted molar refractivity (Wildman–Crippen MR) is 95.6 cm³/mol. The van der Waals surface area contributed by atoms with Crippen LogP contribution in [0.25, 0.3) is 0 Å². The van der Waals surface area contributed by atoms with Gasteiger partial charge in [-0.15, -0.1) is 0 Å². The molecule has 2 rings (SSSR count). The number of hydrogen-bond donors (Lipinski definition) is 3. The molecule has 1 aliphatic heterocycles. The smallest absolute Gasteiger partial charge is 0.317 e. The van der Waals surface area contributed by atoms with Gasteiger partial charge in [0.1, 0.15) is 0 Å². The van der Waals surface area contributed by atoms with E-state index >= 15 is 0 Å². The maximum atomic E-state index is 12.5. The van der Waals surface area contributed by atoms with Crippen LogP contribution < -0.4 is 16.4 Å². The minimum absolute atomic E-state index is 0.000702. The topological polar surface area (TPSA) is 87.5 Å². The van der Waals surface area contributed by atoms with Crippen LogP contribution in [0.3, 0.4) is 0 Å². The normalized spacial score (nSPS) is 23.1. The average molecular weight is 338 g/mol. The van der Waals surface area contributed by atoms with Crippen molar-refractivity contribution in [1.29, 1.82) is 0 Å². The molecule has 1 saturated heterocycles. The van der Waals surface area contributed by atoms with Gasteiger partial charge in [0.15, 0.2) is 0 Å². The standard InChI is InChI=1S/C18H34N4O2/c1-2-3-8-16(12-19)20-17(23)14-7-6-11-22(13-14)18(24)21-15-9-4-5-10-15/h14-16H,2-13,19H2,1H3,(H,20,23)(H,21,24). The summed E-state index contributed by atoms with van der Waals surface area (Å²) in [5.74, 6) is -0.0522. The molecule has 138 valence electrons. The minimum Gasteiger partial charge on any atom is -0.352 e. The van der Waals surface area contributed by atoms with Gasteiger partial charge in [-0.3, -0.25) is 4.79 Å². The monoisotopic (exact) mass is 338 g/mol. The molecule has 6 nitrogen and oxygen atoms in total. The van der Waals surface area contributed by atoms with Crippen molar-refractivity contribution in [3.8, 4) is 0 Å². The number of nitrogens with two attached hydrogens (primary N) is 1. The van der Waals surface area contributed by atoms with E-state index in [0.717, 1.165) is 51.5 Å². The van der Waals surface area contributed by atoms with Gasteiger partial charge in [-0.2, -0.15) is 0 Å². The van der Waals surface area contributed by atoms with E-state index in [2.05, 4.69) is 17.6 Å². The van der Waals surface area contributed by atoms with Crippen molar-refractivity contribution < 1.29 is 9.59 Å². The summed E-state index contributed by atoms with van der Waals surface area (Å²) in [4.78, 5) is 26.7. The maximum absolute atomic E-state index is 12.5. The van der Waals surface area contributed by atoms with Crippen LogP contribution in [0, 0.1) is 5.92 Å². The number of amides is 3. The number of nitrogens with zero attached hydrogens (tertiary/aromatic N) is 1. The average Bonchev–Trinajstić information content (AvgIpc) is 3.11. The Bertz CT molecular complexity index is 410. The molecule has 0 bridgehead atoms. The Morgan fingerprint density at radius 1 is 1.21 bits per heavy atom. The SMILES string of the molecule is CCCCC(CN)NC(=O)C1CCCN(C(=O)NC2CCCC2)C1. The molecule has 1 saturated carbocycles. The van der Waals surface area contributed by atoms with Crippen LogP contribution >= 0.6 is 0 Å². The first-order valence-electron chi connectivity index (χ1n) is 9.70. The summed E-state index contributed by atoms with van der Waals surface area (Å²) >= 11 is 0. The molecule has 4 N–H and O–H groups in total. The highest BCUT2D eigenvalue weighted by atomic mass is 16.2. The van der Waals surface area contributed by atoms with E-state index < -0.39 is 0 Å². The lowest BCUT2D eigenvalue weighted by Gasteiger charge is -2.33. The number of carbonyl (C=O) groups is 2. The number of unbranched alkanes of at least 4 members (excludes halogenated alkanes) is 1. The van der Waals surface area contributed by atoms with Crippen LogP contribution in [0.4, 0.5) is 4.79 Å². The maximum Gasteiger partial charge on any atom is 0.317 e. The van der Waals surface area contributed by atoms with Crippen molar-refractivity contribution in [2.24, 2.45) is 11.7 Å². The van der Waals surface area contributed by atoms with Gasteiger partial charge in [0.2, 0.25) is 5.91 Å². The van der Waals surface area contributed by atoms with Crippen LogP contribution in [0.1, 0.15) is 64.7 Å². The Morgan fingerprint density at radius 2 is 1.96 bits per heavy atom. The van der Waals surface area contributed by atoms with Gasteiger partial charge < -0.3 is 21.3 Å². The third-order valence-corrected chi connectivity index (χ3v) is 5.30. The fraction of sp³-hybridized carbons (Fsp3) is 0.889. The molecule has 2 atom stereocenters. The lowest BCUT2D eigenvalue weighted by molar-refractivity contribution is -0.127. The summed E-state index contributed by atoms with van der Waals surface area (Å²) in [6.45, 7) is 3.88. The van der Waals surface area contributed by atoms with Crippen LogP contribution in [-0.2, 0) is 4.79 Å². The van der Waals surface area contributed by atoms with E-state index in [1.54, 1.807) is 0 Å². The van der Waals surface area contributed by atoms with Crippen molar-refractivity contribution in [2.75, 3.05) is 19.6 Å². The number of nitrogens with one attached hydrogen (secondary N) is 2. The molecule has 1 aliphatic carbocycles. The molecule has 0 aromatic heterocycles. The first-order chi connectivity index (χ1) is 11.6. The van der Waals surface area contributed by atoms with E-state index in [1.165, 1.54) is 12.8 Å². The Morgan fingerprint density at radius 3 is 2.62 bits per heavy atom. The van der Waals surface area contributed by atoms with Crippen LogP contribution in [-0.4, -0.2) is 48.6 Å². The third kappa shape index (κ3) is 5.65. The van der Waals surface area contributed by atoms with Gasteiger partial charge in [-0.05, 0) is 32.1 Å². The van der Waals surface area contributed by atoms with Gasteiger partial charge >= 0.3 is 6.03 Å². The van der Waals surface area contributed by atoms with E-state index in [1.807, 2.05) is 4.90 Å². The Hall–Kier alpha value is -1.30. The largest absolute Gasteiger partial charge is 0.352 e. The molecule has 2 aliphatic rings. The fourth-order valence-corrected chi connectivity index (χ4v) is 3.73. The molecule has 0 spiro atoms. The van der Waals surface area contributed by atoms with Crippen molar-refractivity contribution in [2.45, 2.75) is 76.8 Å². The van der Waals surface area contributed by atoms with Crippen LogP contribution in [0.15, 0.2) is 0 Å². The van der Waals surface area contributed by atoms with Crippen molar-refractivity contribution in [3.05, 3.63) is 0 Å². The Balaban J connectivity index is 1.80. The van der Waals surface area contributed by atoms with E-state index in [-0.39, 0.29) is 23.9 Å². The van der Waals surface area contributed by atoms with Crippen LogP contribution in [0.5, 0.6) is 0 Å². The molecule has 0 aromatic carbocycles. The first-order valence-corrected chi connectivity index (χ1v) is 9.70. The lowest BCUT2D eigenvalue weighted by Crippen LogP contribution is -2.52. The molecule has 1 heterocycles. The third-order valence-electron chi connectivity index (χ3n) is 5.30. The summed E-state index contributed by atoms with van der Waals surface area (Å²) in [6, 6.07) is 0.378. The zero-order valence-electron chi connectivity index (χ0n) is 15.1. The van der Waals surface area contributed by atoms with Gasteiger partial charge in [-0.1, -0.05) is 32.6 Å². The second-order valence-corrected chi connectivity index (χ2v) is 7.30. The Kier molecular flexibility index (Phi) is 7.82. The molecule has 3 amide bonds. The molecule has 2 fully saturated rings. The summed E-state index contributed by atoms with van der Waals surface area (Å²) in [5.41, 5.74) is 5.77. The highest BCUT2D eigenvalue weighted by Crippen LogP contribution is 2.20. The van der Waals surface area contributed by atoms with Crippen LogP contribution in [0.2, 0.25) is 0 Å². The predicted octanol–water partition coefficient (Wildman–Crippen LogP) is 1.98. The number of likely N-dealkylation sites (tertiary alicyclic amines) is 1. The number of rotatable bonds is 7. The highest BCUT2D eigenvalue weighted by Gasteiger charge is 2.30. The number of urea groups is 1. The zero-order valence-corrected chi connectivity index (χ0v) is 15.1. The first kappa shape index (κ1) is 19.0. The molecular formula is C18H34N4O2. The molecule has 6 heteroatoms. The van der Waals surface area contributed by atoms with E-state index in [4.69, 9.17) is 5.73 Å². The Labute approximate surface area is 145 Å². The van der Waals surface area contributed by atoms with Crippen molar-refractivity contribution in [1.82, 2.24) is 15.5 Å². The fourth-order valence-electron chi connectivity index (χ4n) is 3.73. The molecule has 2 unspecified atom stereocenters. The second kappa shape index (κ2) is 9.87. The van der Waals surface area contributed by atoms with Gasteiger partial charge in [-0.25, -0.2) is 4.79 Å². The lowest BCUT2D eigenvalue weighted by atomic mass is 9.96. The molecular weight excluding hydrogens is 304 g/mol. The minimum atomic E-state index is -0.108. The van der Waals surface area contributed by atoms with Crippen molar-refractivity contribution in [3.63, 3.8) is 0 Å². The summed E-state index contributed by atoms with van der Waals surface area (Å²) in [6.07, 6.45) is 9.41. The van der Waals surface area contributed by atoms with Crippen molar-refractivity contribution >= 4 is 11.9 Å². The number of carbonyl (C=O) groups excluding carboxylic acids is 2. The molecule has 0 aromatic rings. The quantitative estimate of drug-likeness (QED) is 0.663. The zero-order chi connectivity index (χ0) is 17.4. The van der Waals surface area contributed by atoms with Gasteiger partial charge in [0.25, 0.3) is 0 Å². The molecule has 24 heavy (non-hydrogen) atoms. The van der Waals surface area contributed by atoms with Gasteiger partial charge in [0, 0.05) is 31.7 Å². The van der Waals surface area contributed by atoms with Gasteiger partial charge in [0.05, 0.1) is 5.92 Å². The second-order valence-electron chi connectivity index (χ2n) is 7.30. The van der Waals surface area contributed by atoms with E-state index in [0.29, 0.717) is 19.1 Å². The number of hydrogen-bond acceptors (Lipinski definition) is 3. The molecule has 0 radical (unpaired) electrons. The van der Waals surface area contributed by atoms with E-state index in [9.17, 15) is 9.59 Å². The number of piperidine rings is 1. The summed E-state index contributed by atoms with van der Waals surface area (Å²) < 4.78 is 0. The highest BCUT2D eigenvalue weighted by molar-refractivity contribution is 5.81. The summed E-state index contributed by atoms with van der Waals surface area (Å²) in [5, 5.41) is 6.20.